The van der Waals surface area contributed by atoms with Gasteiger partial charge < -0.3 is 5.32 Å². The molecule has 2 amide bonds. The van der Waals surface area contributed by atoms with Gasteiger partial charge in [-0.2, -0.15) is 0 Å². The summed E-state index contributed by atoms with van der Waals surface area (Å²) in [6, 6.07) is 0. The van der Waals surface area contributed by atoms with Crippen LogP contribution in [0.25, 0.3) is 0 Å². The van der Waals surface area contributed by atoms with E-state index in [1.165, 1.54) is 0 Å². The van der Waals surface area contributed by atoms with Crippen LogP contribution in [0.5, 0.6) is 0 Å². The predicted octanol–water partition coefficient (Wildman–Crippen LogP) is -1.89. The van der Waals surface area contributed by atoms with Crippen molar-refractivity contribution in [2.75, 3.05) is 6.54 Å². The van der Waals surface area contributed by atoms with Gasteiger partial charge in [0.1, 0.15) is 0 Å². The van der Waals surface area contributed by atoms with Gasteiger partial charge in [0.2, 0.25) is 0 Å². The lowest BCUT2D eigenvalue weighted by molar-refractivity contribution is -0.139. The smallest absolute Gasteiger partial charge is 0.323 e. The number of carbonyl (C=O) groups excluding carboxylic acids is 2. The second-order valence-corrected chi connectivity index (χ2v) is 1.33. The minimum atomic E-state index is -0.822. The minimum absolute atomic E-state index is 0.423. The summed E-state index contributed by atoms with van der Waals surface area (Å²) in [4.78, 5) is 20.6. The molecule has 0 spiro atoms. The van der Waals surface area contributed by atoms with Crippen molar-refractivity contribution >= 4 is 11.8 Å². The average molecular weight is 131 g/mol. The lowest BCUT2D eigenvalue weighted by Crippen LogP contribution is -2.42. The fraction of sp³-hybridized carbons (Fsp3) is 0.500. The van der Waals surface area contributed by atoms with Crippen LogP contribution in [0.4, 0.5) is 0 Å². The van der Waals surface area contributed by atoms with Crippen molar-refractivity contribution in [1.82, 2.24) is 10.7 Å². The Labute approximate surface area is 52.6 Å². The molecule has 0 radical (unpaired) electrons. The van der Waals surface area contributed by atoms with Crippen LogP contribution in [-0.4, -0.2) is 18.4 Å². The quantitative estimate of drug-likeness (QED) is 0.168. The van der Waals surface area contributed by atoms with E-state index in [-0.39, 0.29) is 0 Å². The maximum absolute atomic E-state index is 10.4. The van der Waals surface area contributed by atoms with Crippen molar-refractivity contribution < 1.29 is 9.59 Å². The number of hydrazine groups is 1. The Balaban J connectivity index is 3.60. The third kappa shape index (κ3) is 2.65. The summed E-state index contributed by atoms with van der Waals surface area (Å²) < 4.78 is 0. The zero-order chi connectivity index (χ0) is 7.28. The average Bonchev–Trinajstić information content (AvgIpc) is 1.87. The molecule has 4 N–H and O–H groups in total. The van der Waals surface area contributed by atoms with Gasteiger partial charge in [-0.15, -0.1) is 0 Å². The molecule has 0 saturated heterocycles. The molecule has 0 aliphatic heterocycles. The minimum Gasteiger partial charge on any atom is -0.348 e. The van der Waals surface area contributed by atoms with Crippen LogP contribution in [-0.2, 0) is 9.59 Å². The van der Waals surface area contributed by atoms with Gasteiger partial charge in [-0.05, 0) is 6.92 Å². The predicted molar refractivity (Wildman–Crippen MR) is 31.0 cm³/mol. The molecule has 0 atom stereocenters. The number of nitrogens with two attached hydrogens (primary N) is 1. The molecule has 0 unspecified atom stereocenters. The van der Waals surface area contributed by atoms with E-state index in [2.05, 4.69) is 11.2 Å². The molecule has 0 rings (SSSR count). The van der Waals surface area contributed by atoms with Gasteiger partial charge in [0, 0.05) is 6.54 Å². The lowest BCUT2D eigenvalue weighted by Gasteiger charge is -1.97. The van der Waals surface area contributed by atoms with E-state index >= 15 is 0 Å². The van der Waals surface area contributed by atoms with Crippen LogP contribution in [0.2, 0.25) is 0 Å². The number of hydrogen-bond acceptors (Lipinski definition) is 3. The molecule has 9 heavy (non-hydrogen) atoms. The van der Waals surface area contributed by atoms with Crippen LogP contribution >= 0.6 is 0 Å². The first-order valence-corrected chi connectivity index (χ1v) is 2.51. The van der Waals surface area contributed by atoms with Crippen LogP contribution in [0.15, 0.2) is 0 Å². The van der Waals surface area contributed by atoms with E-state index in [1.807, 2.05) is 0 Å². The third-order valence-electron chi connectivity index (χ3n) is 0.675. The summed E-state index contributed by atoms with van der Waals surface area (Å²) in [5.41, 5.74) is 1.70. The maximum atomic E-state index is 10.4. The van der Waals surface area contributed by atoms with Crippen molar-refractivity contribution in [2.45, 2.75) is 6.92 Å². The van der Waals surface area contributed by atoms with Gasteiger partial charge in [0.05, 0.1) is 0 Å². The van der Waals surface area contributed by atoms with Gasteiger partial charge in [0.15, 0.2) is 0 Å². The van der Waals surface area contributed by atoms with Gasteiger partial charge in [-0.25, -0.2) is 5.84 Å². The van der Waals surface area contributed by atoms with E-state index in [9.17, 15) is 9.59 Å². The number of hydrogen-bond donors (Lipinski definition) is 3. The molecular weight excluding hydrogens is 122 g/mol. The second-order valence-electron chi connectivity index (χ2n) is 1.33. The summed E-state index contributed by atoms with van der Waals surface area (Å²) in [5.74, 6) is 3.11. The van der Waals surface area contributed by atoms with E-state index in [1.54, 1.807) is 12.3 Å². The highest BCUT2D eigenvalue weighted by atomic mass is 16.2. The number of rotatable bonds is 1. The van der Waals surface area contributed by atoms with Crippen molar-refractivity contribution in [3.8, 4) is 0 Å². The number of nitrogens with one attached hydrogen (secondary N) is 2. The van der Waals surface area contributed by atoms with Gasteiger partial charge in [-0.1, -0.05) is 0 Å². The fourth-order valence-electron chi connectivity index (χ4n) is 0.306. The van der Waals surface area contributed by atoms with Crippen LogP contribution < -0.4 is 16.6 Å². The van der Waals surface area contributed by atoms with Gasteiger partial charge in [0.25, 0.3) is 0 Å². The zero-order valence-electron chi connectivity index (χ0n) is 5.10. The summed E-state index contributed by atoms with van der Waals surface area (Å²) >= 11 is 0. The molecule has 0 fully saturated rings. The number of amides is 2. The molecule has 5 nitrogen and oxygen atoms in total. The highest BCUT2D eigenvalue weighted by molar-refractivity contribution is 6.34. The van der Waals surface area contributed by atoms with Crippen molar-refractivity contribution in [2.24, 2.45) is 5.84 Å². The molecule has 0 aliphatic rings. The Bertz CT molecular complexity index is 123. The molecule has 0 saturated carbocycles. The summed E-state index contributed by atoms with van der Waals surface area (Å²) in [6.07, 6.45) is 0. The monoisotopic (exact) mass is 131 g/mol. The Kier molecular flexibility index (Phi) is 3.38. The molecule has 5 heteroatoms. The van der Waals surface area contributed by atoms with Crippen LogP contribution in [0.3, 0.4) is 0 Å². The standard InChI is InChI=1S/C4H9N3O2/c1-2-6-3(8)4(9)7-5/h2,5H2,1H3,(H,6,8)(H,7,9). The Morgan fingerprint density at radius 3 is 2.33 bits per heavy atom. The Morgan fingerprint density at radius 2 is 2.00 bits per heavy atom. The molecule has 0 bridgehead atoms. The molecule has 0 aromatic carbocycles. The highest BCUT2D eigenvalue weighted by Crippen LogP contribution is 1.62. The van der Waals surface area contributed by atoms with Crippen LogP contribution in [0.1, 0.15) is 6.92 Å². The maximum Gasteiger partial charge on any atom is 0.323 e. The van der Waals surface area contributed by atoms with Crippen molar-refractivity contribution in [3.05, 3.63) is 0 Å². The van der Waals surface area contributed by atoms with Gasteiger partial charge in [-0.3, -0.25) is 15.0 Å². The second kappa shape index (κ2) is 3.85. The Hall–Kier alpha value is -1.10. The normalized spacial score (nSPS) is 8.22. The van der Waals surface area contributed by atoms with Crippen molar-refractivity contribution in [1.29, 1.82) is 0 Å². The molecular formula is C4H9N3O2. The first kappa shape index (κ1) is 7.90. The summed E-state index contributed by atoms with van der Waals surface area (Å²) in [5, 5.41) is 2.27. The third-order valence-corrected chi connectivity index (χ3v) is 0.675. The Morgan fingerprint density at radius 1 is 1.44 bits per heavy atom. The first-order valence-electron chi connectivity index (χ1n) is 2.51. The molecule has 0 heterocycles. The van der Waals surface area contributed by atoms with E-state index in [4.69, 9.17) is 0 Å². The van der Waals surface area contributed by atoms with Crippen LogP contribution in [0, 0.1) is 0 Å². The topological polar surface area (TPSA) is 84.2 Å². The van der Waals surface area contributed by atoms with Gasteiger partial charge >= 0.3 is 11.8 Å². The SMILES string of the molecule is CCNC(=O)C(=O)NN. The zero-order valence-corrected chi connectivity index (χ0v) is 5.10. The highest BCUT2D eigenvalue weighted by Gasteiger charge is 2.07. The summed E-state index contributed by atoms with van der Waals surface area (Å²) in [7, 11) is 0. The molecule has 0 aliphatic carbocycles. The first-order chi connectivity index (χ1) is 4.22. The van der Waals surface area contributed by atoms with Crippen molar-refractivity contribution in [3.63, 3.8) is 0 Å². The molecule has 0 aromatic heterocycles. The molecule has 0 aromatic rings. The summed E-state index contributed by atoms with van der Waals surface area (Å²) in [6.45, 7) is 2.13. The number of carbonyl (C=O) groups is 2. The lowest BCUT2D eigenvalue weighted by atomic mass is 10.5. The largest absolute Gasteiger partial charge is 0.348 e. The fourth-order valence-corrected chi connectivity index (χ4v) is 0.306. The van der Waals surface area contributed by atoms with E-state index in [0.29, 0.717) is 6.54 Å². The van der Waals surface area contributed by atoms with E-state index in [0.717, 1.165) is 0 Å². The number of likely N-dealkylation sites (N-methyl/N-ethyl adjacent to an activating group) is 1. The molecule has 52 valence electrons. The van der Waals surface area contributed by atoms with E-state index < -0.39 is 11.8 Å².